The molecule has 0 aliphatic carbocycles. The maximum atomic E-state index is 13.0. The van der Waals surface area contributed by atoms with Gasteiger partial charge in [-0.25, -0.2) is 5.48 Å². The maximum Gasteiger partial charge on any atom is 0.272 e. The van der Waals surface area contributed by atoms with E-state index in [1.54, 1.807) is 0 Å². The van der Waals surface area contributed by atoms with Crippen molar-refractivity contribution in [2.75, 3.05) is 13.1 Å². The number of likely N-dealkylation sites (tertiary alicyclic amines) is 1. The molecule has 0 aromatic heterocycles. The smallest absolute Gasteiger partial charge is 0.272 e. The standard InChI is InChI=1S/C17H31N3O5/c1-3-5-8-12(14(21)16(23)19-25)17(24)20-11-7-6-9-13(20)15(22)18-10-4-2/h12-14,21,25H,3-11H2,1-2H3,(H,18,22)(H,19,23)/t12-,13+,14+/m1/s1. The second-order valence-electron chi connectivity index (χ2n) is 6.50. The molecule has 3 amide bonds. The molecule has 1 fully saturated rings. The number of nitrogens with zero attached hydrogens (tertiary/aromatic N) is 1. The van der Waals surface area contributed by atoms with E-state index in [0.717, 1.165) is 25.7 Å². The Morgan fingerprint density at radius 1 is 1.20 bits per heavy atom. The highest BCUT2D eigenvalue weighted by Crippen LogP contribution is 2.24. The van der Waals surface area contributed by atoms with Crippen LogP contribution < -0.4 is 10.8 Å². The summed E-state index contributed by atoms with van der Waals surface area (Å²) in [7, 11) is 0. The Morgan fingerprint density at radius 3 is 2.52 bits per heavy atom. The van der Waals surface area contributed by atoms with E-state index in [9.17, 15) is 19.5 Å². The first-order chi connectivity index (χ1) is 12.0. The fourth-order valence-corrected chi connectivity index (χ4v) is 3.14. The van der Waals surface area contributed by atoms with Gasteiger partial charge in [0.2, 0.25) is 11.8 Å². The van der Waals surface area contributed by atoms with Gasteiger partial charge in [-0.15, -0.1) is 0 Å². The van der Waals surface area contributed by atoms with Gasteiger partial charge in [0, 0.05) is 13.1 Å². The van der Waals surface area contributed by atoms with Crippen molar-refractivity contribution < 1.29 is 24.7 Å². The Bertz CT molecular complexity index is 458. The Kier molecular flexibility index (Phi) is 9.44. The molecule has 8 nitrogen and oxygen atoms in total. The molecule has 1 aliphatic rings. The summed E-state index contributed by atoms with van der Waals surface area (Å²) in [4.78, 5) is 38.4. The summed E-state index contributed by atoms with van der Waals surface area (Å²) in [6.07, 6.45) is 3.17. The van der Waals surface area contributed by atoms with E-state index in [2.05, 4.69) is 5.32 Å². The molecule has 8 heteroatoms. The molecule has 1 aliphatic heterocycles. The van der Waals surface area contributed by atoms with Crippen molar-refractivity contribution in [2.24, 2.45) is 5.92 Å². The highest BCUT2D eigenvalue weighted by atomic mass is 16.5. The zero-order valence-electron chi connectivity index (χ0n) is 15.2. The number of piperidine rings is 1. The summed E-state index contributed by atoms with van der Waals surface area (Å²) in [5.41, 5.74) is 1.40. The fourth-order valence-electron chi connectivity index (χ4n) is 3.14. The molecular formula is C17H31N3O5. The molecule has 0 spiro atoms. The SMILES string of the molecule is CCCC[C@@H](C(=O)N1CCCC[C@H]1C(=O)NCCC)[C@H](O)C(=O)NO. The number of hydrogen-bond donors (Lipinski definition) is 4. The lowest BCUT2D eigenvalue weighted by molar-refractivity contribution is -0.155. The monoisotopic (exact) mass is 357 g/mol. The van der Waals surface area contributed by atoms with Gasteiger partial charge in [-0.2, -0.15) is 0 Å². The second kappa shape index (κ2) is 11.0. The first-order valence-electron chi connectivity index (χ1n) is 9.18. The average Bonchev–Trinajstić information content (AvgIpc) is 2.65. The molecule has 0 bridgehead atoms. The van der Waals surface area contributed by atoms with Crippen molar-refractivity contribution >= 4 is 17.7 Å². The molecule has 0 radical (unpaired) electrons. The molecule has 1 heterocycles. The van der Waals surface area contributed by atoms with Crippen LogP contribution >= 0.6 is 0 Å². The third-order valence-electron chi connectivity index (χ3n) is 4.58. The maximum absolute atomic E-state index is 13.0. The van der Waals surface area contributed by atoms with E-state index in [-0.39, 0.29) is 5.91 Å². The second-order valence-corrected chi connectivity index (χ2v) is 6.50. The van der Waals surface area contributed by atoms with Gasteiger partial charge >= 0.3 is 0 Å². The highest BCUT2D eigenvalue weighted by Gasteiger charge is 2.39. The van der Waals surface area contributed by atoms with Gasteiger partial charge in [0.15, 0.2) is 0 Å². The summed E-state index contributed by atoms with van der Waals surface area (Å²) in [5.74, 6) is -2.56. The average molecular weight is 357 g/mol. The van der Waals surface area contributed by atoms with Crippen molar-refractivity contribution in [3.63, 3.8) is 0 Å². The zero-order chi connectivity index (χ0) is 18.8. The first-order valence-corrected chi connectivity index (χ1v) is 9.18. The van der Waals surface area contributed by atoms with Gasteiger partial charge in [0.25, 0.3) is 5.91 Å². The normalized spacial score (nSPS) is 19.8. The Labute approximate surface area is 148 Å². The van der Waals surface area contributed by atoms with E-state index in [1.807, 2.05) is 13.8 Å². The van der Waals surface area contributed by atoms with Gasteiger partial charge in [-0.05, 0) is 32.1 Å². The zero-order valence-corrected chi connectivity index (χ0v) is 15.2. The number of aliphatic hydroxyl groups is 1. The molecule has 1 saturated heterocycles. The van der Waals surface area contributed by atoms with Gasteiger partial charge < -0.3 is 15.3 Å². The van der Waals surface area contributed by atoms with Crippen LogP contribution in [0.25, 0.3) is 0 Å². The number of carbonyl (C=O) groups is 3. The van der Waals surface area contributed by atoms with Crippen LogP contribution in [-0.4, -0.2) is 58.2 Å². The van der Waals surface area contributed by atoms with Crippen LogP contribution in [0.5, 0.6) is 0 Å². The van der Waals surface area contributed by atoms with Gasteiger partial charge in [-0.3, -0.25) is 19.6 Å². The predicted molar refractivity (Wildman–Crippen MR) is 91.6 cm³/mol. The number of unbranched alkanes of at least 4 members (excludes halogenated alkanes) is 1. The van der Waals surface area contributed by atoms with Crippen LogP contribution in [-0.2, 0) is 14.4 Å². The highest BCUT2D eigenvalue weighted by molar-refractivity contribution is 5.92. The van der Waals surface area contributed by atoms with Gasteiger partial charge in [0.1, 0.15) is 12.1 Å². The minimum Gasteiger partial charge on any atom is -0.382 e. The topological polar surface area (TPSA) is 119 Å². The minimum atomic E-state index is -1.63. The summed E-state index contributed by atoms with van der Waals surface area (Å²) < 4.78 is 0. The molecule has 25 heavy (non-hydrogen) atoms. The number of rotatable bonds is 9. The van der Waals surface area contributed by atoms with E-state index in [4.69, 9.17) is 5.21 Å². The van der Waals surface area contributed by atoms with Crippen LogP contribution in [0.3, 0.4) is 0 Å². The number of amides is 3. The number of hydrogen-bond acceptors (Lipinski definition) is 5. The molecule has 4 N–H and O–H groups in total. The summed E-state index contributed by atoms with van der Waals surface area (Å²) in [5, 5.41) is 21.7. The van der Waals surface area contributed by atoms with Crippen LogP contribution in [0.1, 0.15) is 58.8 Å². The molecule has 3 atom stereocenters. The van der Waals surface area contributed by atoms with Gasteiger partial charge in [-0.1, -0.05) is 26.7 Å². The summed E-state index contributed by atoms with van der Waals surface area (Å²) in [6, 6.07) is -0.568. The summed E-state index contributed by atoms with van der Waals surface area (Å²) >= 11 is 0. The third kappa shape index (κ3) is 5.97. The van der Waals surface area contributed by atoms with Crippen LogP contribution in [0.2, 0.25) is 0 Å². The third-order valence-corrected chi connectivity index (χ3v) is 4.58. The molecule has 1 rings (SSSR count). The van der Waals surface area contributed by atoms with Gasteiger partial charge in [0.05, 0.1) is 5.92 Å². The Morgan fingerprint density at radius 2 is 1.92 bits per heavy atom. The van der Waals surface area contributed by atoms with Crippen LogP contribution in [0, 0.1) is 5.92 Å². The van der Waals surface area contributed by atoms with E-state index < -0.39 is 29.9 Å². The lowest BCUT2D eigenvalue weighted by Crippen LogP contribution is -2.56. The quantitative estimate of drug-likeness (QED) is 0.355. The lowest BCUT2D eigenvalue weighted by Gasteiger charge is -2.37. The van der Waals surface area contributed by atoms with Crippen molar-refractivity contribution in [1.82, 2.24) is 15.7 Å². The number of hydroxylamine groups is 1. The van der Waals surface area contributed by atoms with Crippen molar-refractivity contribution in [3.05, 3.63) is 0 Å². The van der Waals surface area contributed by atoms with E-state index >= 15 is 0 Å². The molecule has 0 aromatic carbocycles. The minimum absolute atomic E-state index is 0.190. The van der Waals surface area contributed by atoms with Crippen molar-refractivity contribution in [1.29, 1.82) is 0 Å². The van der Waals surface area contributed by atoms with Crippen LogP contribution in [0.4, 0.5) is 0 Å². The number of nitrogens with one attached hydrogen (secondary N) is 2. The van der Waals surface area contributed by atoms with Crippen molar-refractivity contribution in [3.8, 4) is 0 Å². The molecule has 144 valence electrons. The first kappa shape index (κ1) is 21.4. The Balaban J connectivity index is 2.93. The number of aliphatic hydroxyl groups excluding tert-OH is 1. The summed E-state index contributed by atoms with van der Waals surface area (Å²) in [6.45, 7) is 4.88. The lowest BCUT2D eigenvalue weighted by atomic mass is 9.91. The fraction of sp³-hybridized carbons (Fsp3) is 0.824. The van der Waals surface area contributed by atoms with Crippen molar-refractivity contribution in [2.45, 2.75) is 70.9 Å². The van der Waals surface area contributed by atoms with Crippen LogP contribution in [0.15, 0.2) is 0 Å². The number of carbonyl (C=O) groups excluding carboxylic acids is 3. The molecule has 0 saturated carbocycles. The molecule has 0 aromatic rings. The molecular weight excluding hydrogens is 326 g/mol. The largest absolute Gasteiger partial charge is 0.382 e. The Hall–Kier alpha value is -1.67. The predicted octanol–water partition coefficient (Wildman–Crippen LogP) is 0.566. The van der Waals surface area contributed by atoms with E-state index in [1.165, 1.54) is 10.4 Å². The van der Waals surface area contributed by atoms with E-state index in [0.29, 0.717) is 32.4 Å². The molecule has 0 unspecified atom stereocenters.